The molecule has 108 valence electrons. The molecule has 5 nitrogen and oxygen atoms in total. The number of hydrogen-bond acceptors (Lipinski definition) is 4. The maximum absolute atomic E-state index is 12.2. The van der Waals surface area contributed by atoms with E-state index in [0.717, 1.165) is 5.39 Å². The molecule has 0 aliphatic rings. The van der Waals surface area contributed by atoms with Crippen molar-refractivity contribution in [3.63, 3.8) is 0 Å². The van der Waals surface area contributed by atoms with E-state index in [9.17, 15) is 4.79 Å². The number of rotatable bonds is 5. The van der Waals surface area contributed by atoms with Gasteiger partial charge in [0.05, 0.1) is 12.6 Å². The molecular weight excluding hydrogens is 256 g/mol. The smallest absolute Gasteiger partial charge is 0.287 e. The Balaban J connectivity index is 2.18. The second-order valence-electron chi connectivity index (χ2n) is 5.19. The average Bonchev–Trinajstić information content (AvgIpc) is 2.80. The maximum Gasteiger partial charge on any atom is 0.287 e. The summed E-state index contributed by atoms with van der Waals surface area (Å²) in [7, 11) is 1.62. The van der Waals surface area contributed by atoms with Crippen molar-refractivity contribution in [3.05, 3.63) is 30.0 Å². The van der Waals surface area contributed by atoms with Gasteiger partial charge in [-0.2, -0.15) is 0 Å². The highest BCUT2D eigenvalue weighted by molar-refractivity contribution is 5.96. The van der Waals surface area contributed by atoms with Crippen LogP contribution in [0.3, 0.4) is 0 Å². The summed E-state index contributed by atoms with van der Waals surface area (Å²) in [4.78, 5) is 12.2. The molecular formula is C15H20N2O3. The van der Waals surface area contributed by atoms with Crippen LogP contribution in [0, 0.1) is 5.92 Å². The fraction of sp³-hybridized carbons (Fsp3) is 0.400. The Bertz CT molecular complexity index is 604. The van der Waals surface area contributed by atoms with Gasteiger partial charge in [0.15, 0.2) is 5.76 Å². The molecule has 0 aliphatic carbocycles. The first-order valence-electron chi connectivity index (χ1n) is 6.60. The fourth-order valence-electron chi connectivity index (χ4n) is 1.99. The van der Waals surface area contributed by atoms with Crippen LogP contribution in [-0.2, 0) is 4.74 Å². The lowest BCUT2D eigenvalue weighted by Crippen LogP contribution is -2.41. The molecule has 0 radical (unpaired) electrons. The molecule has 2 rings (SSSR count). The highest BCUT2D eigenvalue weighted by Crippen LogP contribution is 2.21. The minimum absolute atomic E-state index is 0.0502. The quantitative estimate of drug-likeness (QED) is 0.822. The van der Waals surface area contributed by atoms with E-state index >= 15 is 0 Å². The summed E-state index contributed by atoms with van der Waals surface area (Å²) in [6, 6.07) is 6.94. The number of carbonyl (C=O) groups excluding carboxylic acids is 1. The molecule has 1 amide bonds. The minimum Gasteiger partial charge on any atom is -0.451 e. The number of ether oxygens (including phenoxy) is 1. The minimum atomic E-state index is -0.240. The van der Waals surface area contributed by atoms with Gasteiger partial charge in [0.1, 0.15) is 5.58 Å². The lowest BCUT2D eigenvalue weighted by molar-refractivity contribution is 0.0842. The Labute approximate surface area is 118 Å². The van der Waals surface area contributed by atoms with Crippen molar-refractivity contribution in [3.8, 4) is 0 Å². The molecule has 2 aromatic rings. The molecule has 1 aromatic heterocycles. The lowest BCUT2D eigenvalue weighted by atomic mass is 10.1. The first-order chi connectivity index (χ1) is 9.51. The predicted octanol–water partition coefficient (Wildman–Crippen LogP) is 2.42. The van der Waals surface area contributed by atoms with Crippen LogP contribution >= 0.6 is 0 Å². The first kappa shape index (κ1) is 14.4. The third kappa shape index (κ3) is 3.11. The van der Waals surface area contributed by atoms with Gasteiger partial charge in [0.25, 0.3) is 5.91 Å². The zero-order valence-electron chi connectivity index (χ0n) is 12.0. The Kier molecular flexibility index (Phi) is 4.29. The van der Waals surface area contributed by atoms with Crippen molar-refractivity contribution >= 4 is 22.6 Å². The summed E-state index contributed by atoms with van der Waals surface area (Å²) in [5.41, 5.74) is 7.00. The lowest BCUT2D eigenvalue weighted by Gasteiger charge is -2.20. The average molecular weight is 276 g/mol. The summed E-state index contributed by atoms with van der Waals surface area (Å²) in [5.74, 6) is 0.321. The largest absolute Gasteiger partial charge is 0.451 e. The summed E-state index contributed by atoms with van der Waals surface area (Å²) < 4.78 is 10.7. The second kappa shape index (κ2) is 5.96. The van der Waals surface area contributed by atoms with Crippen molar-refractivity contribution in [1.29, 1.82) is 0 Å². The van der Waals surface area contributed by atoms with E-state index in [-0.39, 0.29) is 23.6 Å². The van der Waals surface area contributed by atoms with Gasteiger partial charge >= 0.3 is 0 Å². The molecule has 0 bridgehead atoms. The van der Waals surface area contributed by atoms with E-state index < -0.39 is 0 Å². The van der Waals surface area contributed by atoms with Crippen LogP contribution in [-0.4, -0.2) is 25.7 Å². The number of furan rings is 1. The van der Waals surface area contributed by atoms with Crippen molar-refractivity contribution < 1.29 is 13.9 Å². The summed E-state index contributed by atoms with van der Waals surface area (Å²) in [6.45, 7) is 4.53. The standard InChI is InChI=1S/C15H20N2O3/c1-9(2)12(8-19-3)17-15(18)14-7-10-6-11(16)4-5-13(10)20-14/h4-7,9,12H,8,16H2,1-3H3,(H,17,18). The second-order valence-corrected chi connectivity index (χ2v) is 5.19. The van der Waals surface area contributed by atoms with Gasteiger partial charge in [0.2, 0.25) is 0 Å². The number of methoxy groups -OCH3 is 1. The maximum atomic E-state index is 12.2. The normalized spacial score (nSPS) is 12.8. The van der Waals surface area contributed by atoms with Gasteiger partial charge in [-0.25, -0.2) is 0 Å². The number of benzene rings is 1. The van der Waals surface area contributed by atoms with E-state index in [2.05, 4.69) is 5.32 Å². The molecule has 1 atom stereocenters. The molecule has 0 aliphatic heterocycles. The molecule has 0 spiro atoms. The van der Waals surface area contributed by atoms with Gasteiger partial charge < -0.3 is 20.2 Å². The first-order valence-corrected chi connectivity index (χ1v) is 6.60. The van der Waals surface area contributed by atoms with Crippen molar-refractivity contribution in [2.24, 2.45) is 5.92 Å². The molecule has 1 aromatic carbocycles. The predicted molar refractivity (Wildman–Crippen MR) is 78.6 cm³/mol. The van der Waals surface area contributed by atoms with Crippen LogP contribution in [0.25, 0.3) is 11.0 Å². The molecule has 1 unspecified atom stereocenters. The van der Waals surface area contributed by atoms with Crippen LogP contribution in [0.5, 0.6) is 0 Å². The Morgan fingerprint density at radius 2 is 2.15 bits per heavy atom. The molecule has 0 saturated carbocycles. The van der Waals surface area contributed by atoms with Gasteiger partial charge in [-0.1, -0.05) is 13.8 Å². The van der Waals surface area contributed by atoms with Crippen LogP contribution < -0.4 is 11.1 Å². The zero-order chi connectivity index (χ0) is 14.7. The zero-order valence-corrected chi connectivity index (χ0v) is 12.0. The molecule has 3 N–H and O–H groups in total. The van der Waals surface area contributed by atoms with Crippen LogP contribution in [0.15, 0.2) is 28.7 Å². The number of amides is 1. The summed E-state index contributed by atoms with van der Waals surface area (Å²) >= 11 is 0. The van der Waals surface area contributed by atoms with Crippen molar-refractivity contribution in [2.45, 2.75) is 19.9 Å². The Morgan fingerprint density at radius 1 is 1.40 bits per heavy atom. The molecule has 1 heterocycles. The number of carbonyl (C=O) groups is 1. The van der Waals surface area contributed by atoms with Gasteiger partial charge in [-0.3, -0.25) is 4.79 Å². The highest BCUT2D eigenvalue weighted by atomic mass is 16.5. The van der Waals surface area contributed by atoms with E-state index in [1.54, 1.807) is 31.4 Å². The molecule has 5 heteroatoms. The molecule has 20 heavy (non-hydrogen) atoms. The number of anilines is 1. The van der Waals surface area contributed by atoms with Crippen LogP contribution in [0.4, 0.5) is 5.69 Å². The van der Waals surface area contributed by atoms with Crippen molar-refractivity contribution in [2.75, 3.05) is 19.5 Å². The number of nitrogens with one attached hydrogen (secondary N) is 1. The van der Waals surface area contributed by atoms with E-state index in [0.29, 0.717) is 17.9 Å². The van der Waals surface area contributed by atoms with Crippen LogP contribution in [0.1, 0.15) is 24.4 Å². The fourth-order valence-corrected chi connectivity index (χ4v) is 1.99. The van der Waals surface area contributed by atoms with E-state index in [1.807, 2.05) is 13.8 Å². The SMILES string of the molecule is COCC(NC(=O)c1cc2cc(N)ccc2o1)C(C)C. The number of nitrogen functional groups attached to an aromatic ring is 1. The molecule has 0 saturated heterocycles. The van der Waals surface area contributed by atoms with Crippen LogP contribution in [0.2, 0.25) is 0 Å². The van der Waals surface area contributed by atoms with E-state index in [4.69, 9.17) is 14.9 Å². The third-order valence-electron chi connectivity index (χ3n) is 3.23. The summed E-state index contributed by atoms with van der Waals surface area (Å²) in [5, 5.41) is 3.74. The topological polar surface area (TPSA) is 77.5 Å². The number of fused-ring (bicyclic) bond motifs is 1. The van der Waals surface area contributed by atoms with Crippen molar-refractivity contribution in [1.82, 2.24) is 5.32 Å². The van der Waals surface area contributed by atoms with Gasteiger partial charge in [-0.15, -0.1) is 0 Å². The highest BCUT2D eigenvalue weighted by Gasteiger charge is 2.19. The Hall–Kier alpha value is -2.01. The van der Waals surface area contributed by atoms with Gasteiger partial charge in [-0.05, 0) is 30.2 Å². The number of hydrogen-bond donors (Lipinski definition) is 2. The third-order valence-corrected chi connectivity index (χ3v) is 3.23. The summed E-state index contributed by atoms with van der Waals surface area (Å²) in [6.07, 6.45) is 0. The monoisotopic (exact) mass is 276 g/mol. The van der Waals surface area contributed by atoms with Gasteiger partial charge in [0, 0.05) is 18.2 Å². The molecule has 0 fully saturated rings. The number of nitrogens with two attached hydrogens (primary N) is 1. The Morgan fingerprint density at radius 3 is 2.80 bits per heavy atom. The van der Waals surface area contributed by atoms with E-state index in [1.165, 1.54) is 0 Å².